The number of ketones is 1. The van der Waals surface area contributed by atoms with Crippen molar-refractivity contribution in [2.45, 2.75) is 44.3 Å². The van der Waals surface area contributed by atoms with Crippen LogP contribution >= 0.6 is 11.8 Å². The second kappa shape index (κ2) is 8.49. The summed E-state index contributed by atoms with van der Waals surface area (Å²) in [5, 5.41) is 6.97. The molecule has 0 aliphatic carbocycles. The molecule has 1 N–H and O–H groups in total. The van der Waals surface area contributed by atoms with Gasteiger partial charge in [0.25, 0.3) is 0 Å². The number of aromatic nitrogens is 3. The minimum atomic E-state index is -0.263. The standard InChI is InChI=1S/C18H25N3O3S/c1-18(2,3)14-8-6-13(7-9-14)15(22)12-25-17-20-19-16(23)21(17)10-5-11-24-4/h6-9H,5,10-12H2,1-4H3,(H,19,23). The third-order valence-corrected chi connectivity index (χ3v) is 4.84. The number of ether oxygens (including phenoxy) is 1. The van der Waals surface area contributed by atoms with Crippen LogP contribution in [0, 0.1) is 0 Å². The molecule has 1 heterocycles. The van der Waals surface area contributed by atoms with E-state index in [9.17, 15) is 9.59 Å². The van der Waals surface area contributed by atoms with Crippen LogP contribution in [0.4, 0.5) is 0 Å². The summed E-state index contributed by atoms with van der Waals surface area (Å²) in [7, 11) is 1.62. The van der Waals surface area contributed by atoms with Crippen molar-refractivity contribution in [1.29, 1.82) is 0 Å². The van der Waals surface area contributed by atoms with Gasteiger partial charge < -0.3 is 4.74 Å². The number of carbonyl (C=O) groups excluding carboxylic acids is 1. The lowest BCUT2D eigenvalue weighted by molar-refractivity contribution is 0.102. The zero-order chi connectivity index (χ0) is 18.4. The van der Waals surface area contributed by atoms with Gasteiger partial charge in [-0.1, -0.05) is 56.8 Å². The van der Waals surface area contributed by atoms with Crippen molar-refractivity contribution in [3.63, 3.8) is 0 Å². The van der Waals surface area contributed by atoms with Crippen LogP contribution in [0.2, 0.25) is 0 Å². The predicted molar refractivity (Wildman–Crippen MR) is 99.5 cm³/mol. The lowest BCUT2D eigenvalue weighted by Crippen LogP contribution is -2.18. The Morgan fingerprint density at radius 1 is 1.28 bits per heavy atom. The molecule has 0 saturated heterocycles. The molecule has 1 aromatic carbocycles. The van der Waals surface area contributed by atoms with E-state index in [1.165, 1.54) is 17.3 Å². The topological polar surface area (TPSA) is 77.0 Å². The van der Waals surface area contributed by atoms with E-state index in [0.717, 1.165) is 0 Å². The van der Waals surface area contributed by atoms with Crippen LogP contribution in [0.1, 0.15) is 43.1 Å². The molecule has 136 valence electrons. The molecule has 0 spiro atoms. The summed E-state index contributed by atoms with van der Waals surface area (Å²) in [6.07, 6.45) is 0.714. The molecular weight excluding hydrogens is 338 g/mol. The first-order valence-electron chi connectivity index (χ1n) is 8.23. The van der Waals surface area contributed by atoms with Gasteiger partial charge in [-0.05, 0) is 17.4 Å². The zero-order valence-electron chi connectivity index (χ0n) is 15.2. The smallest absolute Gasteiger partial charge is 0.343 e. The molecule has 0 aliphatic heterocycles. The van der Waals surface area contributed by atoms with E-state index in [1.54, 1.807) is 11.7 Å². The highest BCUT2D eigenvalue weighted by Gasteiger charge is 2.15. The van der Waals surface area contributed by atoms with Crippen molar-refractivity contribution >= 4 is 17.5 Å². The number of methoxy groups -OCH3 is 1. The van der Waals surface area contributed by atoms with Crippen molar-refractivity contribution < 1.29 is 9.53 Å². The zero-order valence-corrected chi connectivity index (χ0v) is 16.0. The van der Waals surface area contributed by atoms with Gasteiger partial charge in [0, 0.05) is 25.8 Å². The second-order valence-electron chi connectivity index (χ2n) is 6.85. The summed E-state index contributed by atoms with van der Waals surface area (Å²) >= 11 is 1.27. The molecule has 1 aromatic heterocycles. The number of rotatable bonds is 8. The first kappa shape index (κ1) is 19.5. The van der Waals surface area contributed by atoms with Gasteiger partial charge in [0.2, 0.25) is 0 Å². The summed E-state index contributed by atoms with van der Waals surface area (Å²) in [5.74, 6) is 0.257. The van der Waals surface area contributed by atoms with E-state index in [0.29, 0.717) is 30.3 Å². The number of carbonyl (C=O) groups is 1. The highest BCUT2D eigenvalue weighted by atomic mass is 32.2. The van der Waals surface area contributed by atoms with E-state index in [-0.39, 0.29) is 22.6 Å². The Bertz CT molecular complexity index is 757. The first-order chi connectivity index (χ1) is 11.8. The summed E-state index contributed by atoms with van der Waals surface area (Å²) in [4.78, 5) is 24.2. The maximum absolute atomic E-state index is 12.4. The number of Topliss-reactive ketones (excluding diaryl/α,β-unsaturated/α-hetero) is 1. The maximum atomic E-state index is 12.4. The molecule has 0 amide bonds. The van der Waals surface area contributed by atoms with Gasteiger partial charge in [0.15, 0.2) is 10.9 Å². The number of H-pyrrole nitrogens is 1. The minimum absolute atomic E-state index is 0.0179. The SMILES string of the molecule is COCCCn1c(SCC(=O)c2ccc(C(C)(C)C)cc2)n[nH]c1=O. The fourth-order valence-corrected chi connectivity index (χ4v) is 3.21. The summed E-state index contributed by atoms with van der Waals surface area (Å²) in [6.45, 7) is 7.50. The number of hydrogen-bond donors (Lipinski definition) is 1. The fourth-order valence-electron chi connectivity index (χ4n) is 2.35. The van der Waals surface area contributed by atoms with Gasteiger partial charge >= 0.3 is 5.69 Å². The van der Waals surface area contributed by atoms with Gasteiger partial charge in [-0.15, -0.1) is 5.10 Å². The van der Waals surface area contributed by atoms with Crippen molar-refractivity contribution in [1.82, 2.24) is 14.8 Å². The van der Waals surface area contributed by atoms with Gasteiger partial charge in [-0.25, -0.2) is 9.89 Å². The van der Waals surface area contributed by atoms with E-state index < -0.39 is 0 Å². The number of nitrogens with zero attached hydrogens (tertiary/aromatic N) is 2. The van der Waals surface area contributed by atoms with E-state index in [2.05, 4.69) is 31.0 Å². The number of thioether (sulfide) groups is 1. The molecule has 0 radical (unpaired) electrons. The summed E-state index contributed by atoms with van der Waals surface area (Å²) in [6, 6.07) is 7.71. The van der Waals surface area contributed by atoms with Crippen LogP contribution in [0.3, 0.4) is 0 Å². The molecule has 0 atom stereocenters. The maximum Gasteiger partial charge on any atom is 0.343 e. The number of benzene rings is 1. The van der Waals surface area contributed by atoms with Crippen molar-refractivity contribution in [3.8, 4) is 0 Å². The number of hydrogen-bond acceptors (Lipinski definition) is 5. The number of nitrogens with one attached hydrogen (secondary N) is 1. The Kier molecular flexibility index (Phi) is 6.61. The van der Waals surface area contributed by atoms with Crippen LogP contribution in [-0.2, 0) is 16.7 Å². The molecule has 0 fully saturated rings. The van der Waals surface area contributed by atoms with E-state index in [4.69, 9.17) is 4.74 Å². The summed E-state index contributed by atoms with van der Waals surface area (Å²) in [5.41, 5.74) is 1.66. The highest BCUT2D eigenvalue weighted by molar-refractivity contribution is 7.99. The predicted octanol–water partition coefficient (Wildman–Crippen LogP) is 2.88. The van der Waals surface area contributed by atoms with Crippen LogP contribution in [-0.4, -0.2) is 40.0 Å². The Balaban J connectivity index is 1.99. The number of aromatic amines is 1. The van der Waals surface area contributed by atoms with Gasteiger partial charge in [0.1, 0.15) is 0 Å². The van der Waals surface area contributed by atoms with E-state index >= 15 is 0 Å². The minimum Gasteiger partial charge on any atom is -0.385 e. The average Bonchev–Trinajstić information content (AvgIpc) is 2.92. The molecule has 2 aromatic rings. The Morgan fingerprint density at radius 3 is 2.56 bits per heavy atom. The Morgan fingerprint density at radius 2 is 1.96 bits per heavy atom. The molecule has 0 saturated carbocycles. The molecule has 0 aliphatic rings. The Hall–Kier alpha value is -1.86. The molecule has 7 heteroatoms. The lowest BCUT2D eigenvalue weighted by atomic mass is 9.86. The molecule has 2 rings (SSSR count). The third kappa shape index (κ3) is 5.31. The van der Waals surface area contributed by atoms with Crippen LogP contribution in [0.25, 0.3) is 0 Å². The normalized spacial score (nSPS) is 11.7. The summed E-state index contributed by atoms with van der Waals surface area (Å²) < 4.78 is 6.54. The fraction of sp³-hybridized carbons (Fsp3) is 0.500. The average molecular weight is 363 g/mol. The molecule has 0 unspecified atom stereocenters. The Labute approximate surface area is 152 Å². The van der Waals surface area contributed by atoms with Crippen LogP contribution < -0.4 is 5.69 Å². The van der Waals surface area contributed by atoms with Crippen molar-refractivity contribution in [3.05, 3.63) is 45.9 Å². The lowest BCUT2D eigenvalue weighted by Gasteiger charge is -2.18. The van der Waals surface area contributed by atoms with Crippen LogP contribution in [0.5, 0.6) is 0 Å². The quantitative estimate of drug-likeness (QED) is 0.443. The van der Waals surface area contributed by atoms with Gasteiger partial charge in [-0.2, -0.15) is 0 Å². The van der Waals surface area contributed by atoms with E-state index in [1.807, 2.05) is 24.3 Å². The molecule has 6 nitrogen and oxygen atoms in total. The molecule has 0 bridgehead atoms. The molecular formula is C18H25N3O3S. The van der Waals surface area contributed by atoms with Crippen molar-refractivity contribution in [2.24, 2.45) is 0 Å². The van der Waals surface area contributed by atoms with Gasteiger partial charge in [-0.3, -0.25) is 9.36 Å². The first-order valence-corrected chi connectivity index (χ1v) is 9.22. The van der Waals surface area contributed by atoms with Gasteiger partial charge in [0.05, 0.1) is 5.75 Å². The highest BCUT2D eigenvalue weighted by Crippen LogP contribution is 2.23. The third-order valence-electron chi connectivity index (χ3n) is 3.86. The van der Waals surface area contributed by atoms with Crippen molar-refractivity contribution in [2.75, 3.05) is 19.5 Å². The van der Waals surface area contributed by atoms with Crippen LogP contribution in [0.15, 0.2) is 34.2 Å². The monoisotopic (exact) mass is 363 g/mol. The molecule has 25 heavy (non-hydrogen) atoms. The largest absolute Gasteiger partial charge is 0.385 e. The second-order valence-corrected chi connectivity index (χ2v) is 7.79.